The van der Waals surface area contributed by atoms with Crippen molar-refractivity contribution in [2.24, 2.45) is 9.98 Å². The number of amidine groups is 1. The van der Waals surface area contributed by atoms with Gasteiger partial charge in [0.2, 0.25) is 5.17 Å². The minimum absolute atomic E-state index is 0.132. The lowest BCUT2D eigenvalue weighted by molar-refractivity contribution is 0.295. The number of aliphatic imine (C=N–C) groups is 2. The van der Waals surface area contributed by atoms with Gasteiger partial charge >= 0.3 is 0 Å². The Bertz CT molecular complexity index is 1140. The Labute approximate surface area is 190 Å². The molecule has 0 spiro atoms. The number of halogens is 3. The largest absolute Gasteiger partial charge is 0.487 e. The van der Waals surface area contributed by atoms with E-state index in [4.69, 9.17) is 4.74 Å². The van der Waals surface area contributed by atoms with Gasteiger partial charge in [0, 0.05) is 35.9 Å². The van der Waals surface area contributed by atoms with E-state index >= 15 is 0 Å². The number of aromatic nitrogens is 1. The average Bonchev–Trinajstić information content (AvgIpc) is 2.72. The van der Waals surface area contributed by atoms with Gasteiger partial charge in [0.1, 0.15) is 28.5 Å². The fourth-order valence-corrected chi connectivity index (χ4v) is 3.51. The van der Waals surface area contributed by atoms with E-state index in [2.05, 4.69) is 25.9 Å². The molecule has 10 heteroatoms. The average molecular weight is 514 g/mol. The maximum absolute atomic E-state index is 13.8. The molecule has 1 aromatic carbocycles. The van der Waals surface area contributed by atoms with Gasteiger partial charge in [-0.1, -0.05) is 6.08 Å². The molecule has 0 fully saturated rings. The molecule has 6 nitrogen and oxygen atoms in total. The van der Waals surface area contributed by atoms with Crippen LogP contribution in [0.3, 0.4) is 0 Å². The molecule has 0 N–H and O–H groups in total. The van der Waals surface area contributed by atoms with Gasteiger partial charge in [0.25, 0.3) is 5.56 Å². The molecular formula is C21H22BrF2N3O3S. The predicted molar refractivity (Wildman–Crippen MR) is 123 cm³/mol. The van der Waals surface area contributed by atoms with Crippen molar-refractivity contribution < 1.29 is 17.7 Å². The Morgan fingerprint density at radius 3 is 2.58 bits per heavy atom. The van der Waals surface area contributed by atoms with Gasteiger partial charge in [0.15, 0.2) is 0 Å². The van der Waals surface area contributed by atoms with E-state index in [9.17, 15) is 17.8 Å². The summed E-state index contributed by atoms with van der Waals surface area (Å²) in [4.78, 5) is 21.2. The summed E-state index contributed by atoms with van der Waals surface area (Å²) in [6.07, 6.45) is 4.68. The van der Waals surface area contributed by atoms with E-state index in [1.807, 2.05) is 0 Å². The van der Waals surface area contributed by atoms with Crippen LogP contribution >= 0.6 is 15.9 Å². The number of ether oxygens (including phenoxy) is 1. The van der Waals surface area contributed by atoms with Gasteiger partial charge in [-0.05, 0) is 48.8 Å². The first-order valence-corrected chi connectivity index (χ1v) is 11.6. The molecule has 1 atom stereocenters. The molecule has 0 aliphatic rings. The molecule has 0 amide bonds. The number of allylic oxidation sites excluding steroid dienone is 2. The summed E-state index contributed by atoms with van der Waals surface area (Å²) in [5, 5.41) is 0.154. The number of hydrogen-bond acceptors (Lipinski definition) is 4. The van der Waals surface area contributed by atoms with Crippen LogP contribution in [0.4, 0.5) is 8.78 Å². The van der Waals surface area contributed by atoms with Crippen LogP contribution in [-0.2, 0) is 24.0 Å². The summed E-state index contributed by atoms with van der Waals surface area (Å²) < 4.78 is 45.9. The first-order chi connectivity index (χ1) is 14.7. The topological polar surface area (TPSA) is 73.0 Å². The highest BCUT2D eigenvalue weighted by atomic mass is 79.9. The Hall–Kier alpha value is -2.46. The molecule has 1 unspecified atom stereocenters. The van der Waals surface area contributed by atoms with Crippen molar-refractivity contribution in [3.8, 4) is 5.75 Å². The molecule has 166 valence electrons. The van der Waals surface area contributed by atoms with Gasteiger partial charge in [-0.3, -0.25) is 9.00 Å². The van der Waals surface area contributed by atoms with E-state index in [0.29, 0.717) is 11.4 Å². The lowest BCUT2D eigenvalue weighted by Gasteiger charge is -2.15. The van der Waals surface area contributed by atoms with Crippen LogP contribution in [-0.4, -0.2) is 26.4 Å². The molecule has 31 heavy (non-hydrogen) atoms. The van der Waals surface area contributed by atoms with Crippen molar-refractivity contribution in [2.75, 3.05) is 6.26 Å². The zero-order valence-corrected chi connectivity index (χ0v) is 19.9. The number of nitrogens with zero attached hydrogens (tertiary/aromatic N) is 3. The molecule has 1 aromatic heterocycles. The standard InChI is InChI=1S/C21H22BrF2N3O3S/c1-5-16(26-21(25-6-2)31(4)29)11-27-13(3)9-18(19(22)20(27)28)30-12-14-7-8-15(23)10-17(14)24/h5-10H,11-12H2,1-4H3/b16-5-,25-6-,26-21+. The van der Waals surface area contributed by atoms with Crippen LogP contribution in [0.5, 0.6) is 5.75 Å². The predicted octanol–water partition coefficient (Wildman–Crippen LogP) is 4.51. The van der Waals surface area contributed by atoms with E-state index in [1.165, 1.54) is 23.1 Å². The molecule has 0 bridgehead atoms. The Morgan fingerprint density at radius 2 is 2.00 bits per heavy atom. The van der Waals surface area contributed by atoms with Crippen molar-refractivity contribution in [1.82, 2.24) is 4.57 Å². The van der Waals surface area contributed by atoms with E-state index in [-0.39, 0.29) is 39.7 Å². The molecule has 0 saturated heterocycles. The fourth-order valence-electron chi connectivity index (χ4n) is 2.56. The Balaban J connectivity index is 2.31. The lowest BCUT2D eigenvalue weighted by atomic mass is 10.2. The molecule has 2 aromatic rings. The minimum Gasteiger partial charge on any atom is -0.487 e. The summed E-state index contributed by atoms with van der Waals surface area (Å²) in [7, 11) is -1.39. The highest BCUT2D eigenvalue weighted by molar-refractivity contribution is 9.10. The summed E-state index contributed by atoms with van der Waals surface area (Å²) in [5.74, 6) is -1.17. The third-order valence-electron chi connectivity index (χ3n) is 4.20. The van der Waals surface area contributed by atoms with Crippen molar-refractivity contribution >= 4 is 38.1 Å². The molecule has 0 radical (unpaired) electrons. The summed E-state index contributed by atoms with van der Waals surface area (Å²) in [5.41, 5.74) is 0.880. The quantitative estimate of drug-likeness (QED) is 0.421. The van der Waals surface area contributed by atoms with E-state index < -0.39 is 22.4 Å². The van der Waals surface area contributed by atoms with Crippen LogP contribution in [0.2, 0.25) is 0 Å². The van der Waals surface area contributed by atoms with Crippen molar-refractivity contribution in [2.45, 2.75) is 33.9 Å². The zero-order chi connectivity index (χ0) is 23.1. The molecule has 0 aliphatic carbocycles. The van der Waals surface area contributed by atoms with Gasteiger partial charge in [-0.15, -0.1) is 0 Å². The fraction of sp³-hybridized carbons (Fsp3) is 0.286. The molecule has 1 heterocycles. The second kappa shape index (κ2) is 11.2. The normalized spacial score (nSPS) is 13.6. The Kier molecular flexibility index (Phi) is 9.00. The highest BCUT2D eigenvalue weighted by Crippen LogP contribution is 2.24. The second-order valence-corrected chi connectivity index (χ2v) is 8.46. The van der Waals surface area contributed by atoms with Crippen LogP contribution in [0.15, 0.2) is 55.3 Å². The van der Waals surface area contributed by atoms with Crippen molar-refractivity contribution in [3.05, 3.63) is 73.8 Å². The maximum atomic E-state index is 13.8. The molecule has 0 saturated carbocycles. The zero-order valence-electron chi connectivity index (χ0n) is 17.5. The second-order valence-electron chi connectivity index (χ2n) is 6.40. The summed E-state index contributed by atoms with van der Waals surface area (Å²) in [6, 6.07) is 4.83. The smallest absolute Gasteiger partial charge is 0.269 e. The first kappa shape index (κ1) is 24.8. The first-order valence-electron chi connectivity index (χ1n) is 9.20. The molecular weight excluding hydrogens is 492 g/mol. The van der Waals surface area contributed by atoms with Crippen molar-refractivity contribution in [3.63, 3.8) is 0 Å². The highest BCUT2D eigenvalue weighted by Gasteiger charge is 2.15. The SMILES string of the molecule is C\C=N/C(=N\C(=C/C)Cn1c(C)cc(OCc2ccc(F)cc2F)c(Br)c1=O)S(C)=O. The summed E-state index contributed by atoms with van der Waals surface area (Å²) in [6.45, 7) is 5.14. The van der Waals surface area contributed by atoms with Gasteiger partial charge in [0.05, 0.1) is 23.0 Å². The number of pyridine rings is 1. The third-order valence-corrected chi connectivity index (χ3v) is 5.64. The molecule has 0 aliphatic heterocycles. The van der Waals surface area contributed by atoms with Gasteiger partial charge < -0.3 is 9.30 Å². The third kappa shape index (κ3) is 6.51. The lowest BCUT2D eigenvalue weighted by Crippen LogP contribution is -2.24. The van der Waals surface area contributed by atoms with Crippen LogP contribution in [0.25, 0.3) is 0 Å². The molecule has 2 rings (SSSR count). The maximum Gasteiger partial charge on any atom is 0.269 e. The van der Waals surface area contributed by atoms with E-state index in [1.54, 1.807) is 32.9 Å². The number of benzene rings is 1. The Morgan fingerprint density at radius 1 is 1.29 bits per heavy atom. The van der Waals surface area contributed by atoms with Crippen LogP contribution in [0.1, 0.15) is 25.1 Å². The monoisotopic (exact) mass is 513 g/mol. The van der Waals surface area contributed by atoms with Gasteiger partial charge in [-0.2, -0.15) is 0 Å². The van der Waals surface area contributed by atoms with Crippen molar-refractivity contribution in [1.29, 1.82) is 0 Å². The number of hydrogen-bond donors (Lipinski definition) is 0. The number of rotatable bonds is 6. The summed E-state index contributed by atoms with van der Waals surface area (Å²) >= 11 is 3.24. The minimum atomic E-state index is -1.39. The van der Waals surface area contributed by atoms with Crippen LogP contribution in [0, 0.1) is 18.6 Å². The van der Waals surface area contributed by atoms with E-state index in [0.717, 1.165) is 12.1 Å². The van der Waals surface area contributed by atoms with Crippen LogP contribution < -0.4 is 10.3 Å². The number of aryl methyl sites for hydroxylation is 1. The van der Waals surface area contributed by atoms with Gasteiger partial charge in [-0.25, -0.2) is 18.8 Å².